The summed E-state index contributed by atoms with van der Waals surface area (Å²) in [4.78, 5) is 6.88. The third-order valence-electron chi connectivity index (χ3n) is 4.64. The molecule has 1 fully saturated rings. The summed E-state index contributed by atoms with van der Waals surface area (Å²) in [5, 5.41) is 4.03. The molecule has 146 valence electrons. The van der Waals surface area contributed by atoms with E-state index in [1.54, 1.807) is 24.3 Å². The zero-order valence-electron chi connectivity index (χ0n) is 15.0. The molecule has 1 aliphatic heterocycles. The molecule has 2 heterocycles. The fourth-order valence-electron chi connectivity index (χ4n) is 3.10. The highest BCUT2D eigenvalue weighted by atomic mass is 79.9. The summed E-state index contributed by atoms with van der Waals surface area (Å²) < 4.78 is 33.3. The summed E-state index contributed by atoms with van der Waals surface area (Å²) in [5.74, 6) is 1.09. The highest BCUT2D eigenvalue weighted by Crippen LogP contribution is 2.21. The van der Waals surface area contributed by atoms with Crippen molar-refractivity contribution in [3.05, 3.63) is 65.0 Å². The van der Waals surface area contributed by atoms with Gasteiger partial charge in [0.25, 0.3) is 0 Å². The fraction of sp³-hybridized carbons (Fsp3) is 0.263. The molecule has 7 nitrogen and oxygen atoms in total. The van der Waals surface area contributed by atoms with Crippen LogP contribution in [-0.4, -0.2) is 53.9 Å². The van der Waals surface area contributed by atoms with Crippen LogP contribution in [0.5, 0.6) is 0 Å². The Bertz CT molecular complexity index is 1030. The second-order valence-corrected chi connectivity index (χ2v) is 9.37. The second kappa shape index (κ2) is 8.12. The van der Waals surface area contributed by atoms with E-state index in [2.05, 4.69) is 31.0 Å². The van der Waals surface area contributed by atoms with Gasteiger partial charge in [0.15, 0.2) is 0 Å². The van der Waals surface area contributed by atoms with Crippen molar-refractivity contribution in [1.29, 1.82) is 0 Å². The lowest BCUT2D eigenvalue weighted by Crippen LogP contribution is -2.48. The SMILES string of the molecule is O=S(=O)(c1ccc(Br)cc1)N1CCN(Cc2nc(-c3ccccc3)no2)CC1. The summed E-state index contributed by atoms with van der Waals surface area (Å²) in [5.41, 5.74) is 0.905. The highest BCUT2D eigenvalue weighted by Gasteiger charge is 2.29. The summed E-state index contributed by atoms with van der Waals surface area (Å²) in [6, 6.07) is 16.4. The molecule has 1 aliphatic rings. The van der Waals surface area contributed by atoms with E-state index in [9.17, 15) is 8.42 Å². The van der Waals surface area contributed by atoms with E-state index in [-0.39, 0.29) is 0 Å². The number of piperazine rings is 1. The first-order valence-corrected chi connectivity index (χ1v) is 11.1. The number of sulfonamides is 1. The fourth-order valence-corrected chi connectivity index (χ4v) is 4.78. The normalized spacial score (nSPS) is 16.3. The van der Waals surface area contributed by atoms with Crippen LogP contribution in [0.25, 0.3) is 11.4 Å². The lowest BCUT2D eigenvalue weighted by atomic mass is 10.2. The third kappa shape index (κ3) is 4.17. The van der Waals surface area contributed by atoms with E-state index < -0.39 is 10.0 Å². The molecule has 0 saturated carbocycles. The Morgan fingerprint density at radius 3 is 2.32 bits per heavy atom. The van der Waals surface area contributed by atoms with Crippen molar-refractivity contribution in [3.63, 3.8) is 0 Å². The van der Waals surface area contributed by atoms with Crippen molar-refractivity contribution in [1.82, 2.24) is 19.3 Å². The first kappa shape index (κ1) is 19.3. The Kier molecular flexibility index (Phi) is 5.58. The molecule has 3 aromatic rings. The van der Waals surface area contributed by atoms with Gasteiger partial charge in [-0.15, -0.1) is 0 Å². The van der Waals surface area contributed by atoms with E-state index in [1.165, 1.54) is 4.31 Å². The molecule has 1 aromatic heterocycles. The van der Waals surface area contributed by atoms with Gasteiger partial charge in [-0.25, -0.2) is 8.42 Å². The Hall–Kier alpha value is -2.07. The van der Waals surface area contributed by atoms with Gasteiger partial charge in [-0.1, -0.05) is 51.4 Å². The molecule has 0 aliphatic carbocycles. The molecule has 4 rings (SSSR count). The first-order chi connectivity index (χ1) is 13.5. The van der Waals surface area contributed by atoms with Crippen molar-refractivity contribution in [3.8, 4) is 11.4 Å². The molecule has 0 radical (unpaired) electrons. The van der Waals surface area contributed by atoms with Crippen LogP contribution in [0.2, 0.25) is 0 Å². The molecule has 0 spiro atoms. The standard InChI is InChI=1S/C19H19BrN4O3S/c20-16-6-8-17(9-7-16)28(25,26)24-12-10-23(11-13-24)14-18-21-19(22-27-18)15-4-2-1-3-5-15/h1-9H,10-14H2. The van der Waals surface area contributed by atoms with Crippen molar-refractivity contribution >= 4 is 26.0 Å². The summed E-state index contributed by atoms with van der Waals surface area (Å²) in [7, 11) is -3.47. The number of hydrogen-bond acceptors (Lipinski definition) is 6. The minimum atomic E-state index is -3.47. The topological polar surface area (TPSA) is 79.5 Å². The molecule has 0 N–H and O–H groups in total. The molecule has 0 amide bonds. The average molecular weight is 463 g/mol. The zero-order chi connectivity index (χ0) is 19.6. The Balaban J connectivity index is 1.37. The summed E-state index contributed by atoms with van der Waals surface area (Å²) in [6.45, 7) is 2.58. The van der Waals surface area contributed by atoms with Crippen LogP contribution in [0.1, 0.15) is 5.89 Å². The summed E-state index contributed by atoms with van der Waals surface area (Å²) in [6.07, 6.45) is 0. The first-order valence-electron chi connectivity index (χ1n) is 8.88. The second-order valence-electron chi connectivity index (χ2n) is 6.51. The highest BCUT2D eigenvalue weighted by molar-refractivity contribution is 9.10. The average Bonchev–Trinajstić information content (AvgIpc) is 3.18. The van der Waals surface area contributed by atoms with Gasteiger partial charge in [0.2, 0.25) is 21.7 Å². The van der Waals surface area contributed by atoms with Crippen LogP contribution in [0.4, 0.5) is 0 Å². The van der Waals surface area contributed by atoms with Crippen LogP contribution in [0, 0.1) is 0 Å². The molecule has 0 atom stereocenters. The van der Waals surface area contributed by atoms with Crippen molar-refractivity contribution in [2.75, 3.05) is 26.2 Å². The monoisotopic (exact) mass is 462 g/mol. The Morgan fingerprint density at radius 1 is 0.964 bits per heavy atom. The minimum Gasteiger partial charge on any atom is -0.338 e. The molecule has 9 heteroatoms. The van der Waals surface area contributed by atoms with E-state index in [0.29, 0.717) is 49.3 Å². The van der Waals surface area contributed by atoms with Gasteiger partial charge in [0.05, 0.1) is 11.4 Å². The van der Waals surface area contributed by atoms with E-state index in [1.807, 2.05) is 30.3 Å². The molecule has 2 aromatic carbocycles. The predicted molar refractivity (Wildman–Crippen MR) is 108 cm³/mol. The Labute approximate surface area is 172 Å². The van der Waals surface area contributed by atoms with Crippen LogP contribution < -0.4 is 0 Å². The molecular formula is C19H19BrN4O3S. The molecule has 1 saturated heterocycles. The number of halogens is 1. The Morgan fingerprint density at radius 2 is 1.64 bits per heavy atom. The van der Waals surface area contributed by atoms with Gasteiger partial charge < -0.3 is 4.52 Å². The van der Waals surface area contributed by atoms with Crippen LogP contribution >= 0.6 is 15.9 Å². The van der Waals surface area contributed by atoms with E-state index in [0.717, 1.165) is 10.0 Å². The molecule has 0 bridgehead atoms. The predicted octanol–water partition coefficient (Wildman–Crippen LogP) is 3.01. The van der Waals surface area contributed by atoms with Crippen molar-refractivity contribution in [2.45, 2.75) is 11.4 Å². The number of benzene rings is 2. The lowest BCUT2D eigenvalue weighted by molar-refractivity contribution is 0.163. The summed E-state index contributed by atoms with van der Waals surface area (Å²) >= 11 is 3.33. The maximum absolute atomic E-state index is 12.8. The smallest absolute Gasteiger partial charge is 0.243 e. The van der Waals surface area contributed by atoms with Gasteiger partial charge >= 0.3 is 0 Å². The number of aromatic nitrogens is 2. The maximum Gasteiger partial charge on any atom is 0.243 e. The quantitative estimate of drug-likeness (QED) is 0.579. The van der Waals surface area contributed by atoms with E-state index >= 15 is 0 Å². The van der Waals surface area contributed by atoms with Crippen LogP contribution in [0.15, 0.2) is 68.5 Å². The van der Waals surface area contributed by atoms with Crippen molar-refractivity contribution < 1.29 is 12.9 Å². The largest absolute Gasteiger partial charge is 0.338 e. The maximum atomic E-state index is 12.8. The van der Waals surface area contributed by atoms with Gasteiger partial charge in [-0.05, 0) is 24.3 Å². The number of rotatable bonds is 5. The van der Waals surface area contributed by atoms with E-state index in [4.69, 9.17) is 4.52 Å². The van der Waals surface area contributed by atoms with Crippen LogP contribution in [-0.2, 0) is 16.6 Å². The lowest BCUT2D eigenvalue weighted by Gasteiger charge is -2.33. The van der Waals surface area contributed by atoms with Crippen LogP contribution in [0.3, 0.4) is 0 Å². The molecule has 0 unspecified atom stereocenters. The molecule has 28 heavy (non-hydrogen) atoms. The zero-order valence-corrected chi connectivity index (χ0v) is 17.4. The van der Waals surface area contributed by atoms with Gasteiger partial charge in [0.1, 0.15) is 0 Å². The van der Waals surface area contributed by atoms with Gasteiger partial charge in [-0.3, -0.25) is 4.90 Å². The van der Waals surface area contributed by atoms with Crippen molar-refractivity contribution in [2.24, 2.45) is 0 Å². The number of hydrogen-bond donors (Lipinski definition) is 0. The van der Waals surface area contributed by atoms with Gasteiger partial charge in [0, 0.05) is 36.2 Å². The third-order valence-corrected chi connectivity index (χ3v) is 7.08. The van der Waals surface area contributed by atoms with Gasteiger partial charge in [-0.2, -0.15) is 9.29 Å². The molecular weight excluding hydrogens is 444 g/mol. The minimum absolute atomic E-state index is 0.313. The number of nitrogens with zero attached hydrogens (tertiary/aromatic N) is 4.